The minimum Gasteiger partial charge on any atom is -0.486 e. The molecule has 4 rings (SSSR count). The standard InChI is InChI=1S/C19H23N3O5S/c1-21(13-15-14-26-17-4-2-3-5-18(17)27-15)19-7-6-16(12-20-19)28(23,24)22-8-10-25-11-9-22/h2-7,12,15H,8-11,13-14H2,1H3/p+1/t15-/m1/s1. The van der Waals surface area contributed by atoms with Crippen LogP contribution >= 0.6 is 0 Å². The number of likely N-dealkylation sites (N-methyl/N-ethyl adjacent to an activating group) is 1. The quantitative estimate of drug-likeness (QED) is 0.731. The Labute approximate surface area is 164 Å². The number of fused-ring (bicyclic) bond motifs is 1. The third-order valence-corrected chi connectivity index (χ3v) is 6.73. The Bertz CT molecular complexity index is 913. The van der Waals surface area contributed by atoms with Crippen LogP contribution in [0.4, 0.5) is 5.82 Å². The number of aromatic nitrogens is 1. The molecule has 1 N–H and O–H groups in total. The third kappa shape index (κ3) is 3.91. The van der Waals surface area contributed by atoms with Crippen molar-refractivity contribution < 1.29 is 27.6 Å². The number of ether oxygens (including phenoxy) is 3. The zero-order valence-corrected chi connectivity index (χ0v) is 16.5. The van der Waals surface area contributed by atoms with Crippen molar-refractivity contribution in [1.29, 1.82) is 0 Å². The second kappa shape index (κ2) is 7.94. The summed E-state index contributed by atoms with van der Waals surface area (Å²) in [7, 11) is -1.58. The third-order valence-electron chi connectivity index (χ3n) is 4.83. The maximum atomic E-state index is 12.7. The molecule has 0 spiro atoms. The van der Waals surface area contributed by atoms with E-state index in [0.717, 1.165) is 17.3 Å². The Hall–Kier alpha value is -2.36. The van der Waals surface area contributed by atoms with E-state index in [1.54, 1.807) is 12.1 Å². The van der Waals surface area contributed by atoms with Gasteiger partial charge in [0.1, 0.15) is 24.2 Å². The lowest BCUT2D eigenvalue weighted by atomic mass is 10.2. The zero-order valence-electron chi connectivity index (χ0n) is 15.7. The van der Waals surface area contributed by atoms with Gasteiger partial charge in [-0.15, -0.1) is 0 Å². The fourth-order valence-electron chi connectivity index (χ4n) is 3.29. The average molecular weight is 406 g/mol. The molecule has 2 aliphatic heterocycles. The molecule has 0 unspecified atom stereocenters. The van der Waals surface area contributed by atoms with E-state index in [1.165, 1.54) is 10.5 Å². The van der Waals surface area contributed by atoms with Gasteiger partial charge in [-0.2, -0.15) is 4.31 Å². The van der Waals surface area contributed by atoms with E-state index in [9.17, 15) is 8.42 Å². The first-order chi connectivity index (χ1) is 13.5. The summed E-state index contributed by atoms with van der Waals surface area (Å²) in [6, 6.07) is 11.0. The molecule has 1 atom stereocenters. The predicted molar refractivity (Wildman–Crippen MR) is 102 cm³/mol. The second-order valence-corrected chi connectivity index (χ2v) is 8.74. The molecule has 0 radical (unpaired) electrons. The number of aromatic amines is 1. The van der Waals surface area contributed by atoms with E-state index in [0.29, 0.717) is 39.5 Å². The van der Waals surface area contributed by atoms with Gasteiger partial charge in [0.2, 0.25) is 10.0 Å². The number of para-hydroxylation sites is 2. The maximum Gasteiger partial charge on any atom is 0.274 e. The molecule has 9 heteroatoms. The van der Waals surface area contributed by atoms with Crippen LogP contribution < -0.4 is 19.4 Å². The van der Waals surface area contributed by atoms with Crippen molar-refractivity contribution in [2.45, 2.75) is 11.0 Å². The van der Waals surface area contributed by atoms with Crippen LogP contribution in [0.1, 0.15) is 0 Å². The minimum absolute atomic E-state index is 0.120. The van der Waals surface area contributed by atoms with Crippen LogP contribution in [0.15, 0.2) is 47.5 Å². The molecule has 1 saturated heterocycles. The van der Waals surface area contributed by atoms with Gasteiger partial charge in [-0.1, -0.05) is 12.1 Å². The smallest absolute Gasteiger partial charge is 0.274 e. The molecule has 1 aromatic carbocycles. The van der Waals surface area contributed by atoms with Gasteiger partial charge < -0.3 is 14.2 Å². The summed E-state index contributed by atoms with van der Waals surface area (Å²) in [5.74, 6) is 2.29. The van der Waals surface area contributed by atoms with Crippen molar-refractivity contribution in [3.8, 4) is 11.5 Å². The summed E-state index contributed by atoms with van der Waals surface area (Å²) in [6.07, 6.45) is 1.41. The van der Waals surface area contributed by atoms with Crippen LogP contribution in [0.2, 0.25) is 0 Å². The summed E-state index contributed by atoms with van der Waals surface area (Å²) < 4.78 is 43.8. The van der Waals surface area contributed by atoms with Gasteiger partial charge in [0, 0.05) is 19.2 Å². The summed E-state index contributed by atoms with van der Waals surface area (Å²) in [5.41, 5.74) is 0. The molecule has 1 aromatic heterocycles. The molecule has 2 aromatic rings. The first-order valence-electron chi connectivity index (χ1n) is 9.23. The van der Waals surface area contributed by atoms with Gasteiger partial charge in [0.25, 0.3) is 5.82 Å². The van der Waals surface area contributed by atoms with Gasteiger partial charge in [-0.25, -0.2) is 13.4 Å². The molecule has 1 fully saturated rings. The van der Waals surface area contributed by atoms with Crippen LogP contribution in [0.5, 0.6) is 11.5 Å². The van der Waals surface area contributed by atoms with E-state index < -0.39 is 10.0 Å². The normalized spacial score (nSPS) is 20.0. The monoisotopic (exact) mass is 406 g/mol. The number of rotatable bonds is 5. The highest BCUT2D eigenvalue weighted by atomic mass is 32.2. The van der Waals surface area contributed by atoms with E-state index in [-0.39, 0.29) is 11.0 Å². The van der Waals surface area contributed by atoms with Crippen molar-refractivity contribution in [1.82, 2.24) is 4.31 Å². The van der Waals surface area contributed by atoms with Crippen LogP contribution in [0, 0.1) is 0 Å². The molecule has 2 aliphatic rings. The number of hydrogen-bond acceptors (Lipinski definition) is 6. The van der Waals surface area contributed by atoms with Crippen LogP contribution in [-0.4, -0.2) is 65.3 Å². The SMILES string of the molecule is CN(C[C@@H]1COc2ccccc2O1)c1ccc(S(=O)(=O)N2CCOCC2)c[nH+]1. The number of H-pyrrole nitrogens is 1. The molecular formula is C19H24N3O5S+. The Morgan fingerprint density at radius 2 is 1.89 bits per heavy atom. The maximum absolute atomic E-state index is 12.7. The topological polar surface area (TPSA) is 82.5 Å². The van der Waals surface area contributed by atoms with Gasteiger partial charge in [0.05, 0.1) is 20.3 Å². The van der Waals surface area contributed by atoms with Gasteiger partial charge in [-0.05, 0) is 18.2 Å². The van der Waals surface area contributed by atoms with Crippen molar-refractivity contribution >= 4 is 15.8 Å². The average Bonchev–Trinajstić information content (AvgIpc) is 2.74. The van der Waals surface area contributed by atoms with Crippen molar-refractivity contribution in [3.63, 3.8) is 0 Å². The number of anilines is 1. The highest BCUT2D eigenvalue weighted by Gasteiger charge is 2.29. The number of nitrogens with one attached hydrogen (secondary N) is 1. The first kappa shape index (κ1) is 19.0. The minimum atomic E-state index is -3.51. The number of hydrogen-bond donors (Lipinski definition) is 0. The zero-order chi connectivity index (χ0) is 19.6. The summed E-state index contributed by atoms with van der Waals surface area (Å²) in [5, 5.41) is 0. The van der Waals surface area contributed by atoms with Crippen LogP contribution in [0.25, 0.3) is 0 Å². The lowest BCUT2D eigenvalue weighted by Gasteiger charge is -2.27. The van der Waals surface area contributed by atoms with Crippen molar-refractivity contribution in [2.75, 3.05) is 51.4 Å². The summed E-state index contributed by atoms with van der Waals surface area (Å²) in [6.45, 7) is 2.67. The Morgan fingerprint density at radius 3 is 2.61 bits per heavy atom. The lowest BCUT2D eigenvalue weighted by Crippen LogP contribution is -2.42. The van der Waals surface area contributed by atoms with Crippen molar-refractivity contribution in [2.24, 2.45) is 0 Å². The van der Waals surface area contributed by atoms with E-state index >= 15 is 0 Å². The number of nitrogens with zero attached hydrogens (tertiary/aromatic N) is 2. The fourth-order valence-corrected chi connectivity index (χ4v) is 4.67. The number of morpholine rings is 1. The largest absolute Gasteiger partial charge is 0.486 e. The number of sulfonamides is 1. The molecule has 150 valence electrons. The molecule has 8 nitrogen and oxygen atoms in total. The molecular weight excluding hydrogens is 382 g/mol. The molecule has 0 bridgehead atoms. The van der Waals surface area contributed by atoms with Gasteiger partial charge in [0.15, 0.2) is 17.6 Å². The summed E-state index contributed by atoms with van der Waals surface area (Å²) >= 11 is 0. The van der Waals surface area contributed by atoms with Crippen molar-refractivity contribution in [3.05, 3.63) is 42.6 Å². The Morgan fingerprint density at radius 1 is 1.14 bits per heavy atom. The second-order valence-electron chi connectivity index (χ2n) is 6.80. The first-order valence-corrected chi connectivity index (χ1v) is 10.7. The van der Waals surface area contributed by atoms with Gasteiger partial charge in [-0.3, -0.25) is 4.90 Å². The predicted octanol–water partition coefficient (Wildman–Crippen LogP) is 0.798. The van der Waals surface area contributed by atoms with E-state index in [4.69, 9.17) is 14.2 Å². The molecule has 0 aliphatic carbocycles. The van der Waals surface area contributed by atoms with E-state index in [1.807, 2.05) is 36.2 Å². The molecule has 0 saturated carbocycles. The highest BCUT2D eigenvalue weighted by Crippen LogP contribution is 2.31. The molecule has 3 heterocycles. The summed E-state index contributed by atoms with van der Waals surface area (Å²) in [4.78, 5) is 5.31. The highest BCUT2D eigenvalue weighted by molar-refractivity contribution is 7.89. The number of pyridine rings is 1. The van der Waals surface area contributed by atoms with E-state index in [2.05, 4.69) is 4.98 Å². The lowest BCUT2D eigenvalue weighted by molar-refractivity contribution is -0.367. The van der Waals surface area contributed by atoms with Gasteiger partial charge >= 0.3 is 0 Å². The molecule has 28 heavy (non-hydrogen) atoms. The Balaban J connectivity index is 1.41. The Kier molecular flexibility index (Phi) is 5.38. The van der Waals surface area contributed by atoms with Crippen LogP contribution in [-0.2, 0) is 14.8 Å². The fraction of sp³-hybridized carbons (Fsp3) is 0.421. The number of benzene rings is 1. The molecule has 0 amide bonds. The van der Waals surface area contributed by atoms with Crippen LogP contribution in [0.3, 0.4) is 0 Å².